The lowest BCUT2D eigenvalue weighted by Gasteiger charge is -2.28. The Hall–Kier alpha value is -4.10. The lowest BCUT2D eigenvalue weighted by atomic mass is 9.96. The summed E-state index contributed by atoms with van der Waals surface area (Å²) in [5.41, 5.74) is 8.74. The van der Waals surface area contributed by atoms with Gasteiger partial charge in [0.15, 0.2) is 6.20 Å². The number of hydrogen-bond donors (Lipinski definition) is 0. The van der Waals surface area contributed by atoms with Gasteiger partial charge in [-0.2, -0.15) is 5.26 Å². The molecule has 0 spiro atoms. The number of nitriles is 1. The number of rotatable bonds is 3. The zero-order valence-corrected chi connectivity index (χ0v) is 20.2. The largest absolute Gasteiger partial charge is 0.454 e. The molecule has 5 aromatic rings. The highest BCUT2D eigenvalue weighted by Crippen LogP contribution is 2.42. The van der Waals surface area contributed by atoms with Crippen LogP contribution in [0.5, 0.6) is 0 Å². The van der Waals surface area contributed by atoms with E-state index in [4.69, 9.17) is 4.42 Å². The summed E-state index contributed by atoms with van der Waals surface area (Å²) in [7, 11) is 2.05. The van der Waals surface area contributed by atoms with Crippen LogP contribution in [0.3, 0.4) is 0 Å². The van der Waals surface area contributed by atoms with Crippen LogP contribution in [0.1, 0.15) is 30.4 Å². The van der Waals surface area contributed by atoms with Gasteiger partial charge in [0.05, 0.1) is 17.2 Å². The third kappa shape index (κ3) is 3.56. The highest BCUT2D eigenvalue weighted by Gasteiger charge is 2.23. The summed E-state index contributed by atoms with van der Waals surface area (Å²) in [5, 5.41) is 12.1. The van der Waals surface area contributed by atoms with Gasteiger partial charge in [-0.1, -0.05) is 24.3 Å². The predicted octanol–water partition coefficient (Wildman–Crippen LogP) is 6.91. The van der Waals surface area contributed by atoms with E-state index in [2.05, 4.69) is 84.2 Å². The van der Waals surface area contributed by atoms with Gasteiger partial charge in [-0.3, -0.25) is 0 Å². The number of hydrogen-bond acceptors (Lipinski definition) is 3. The van der Waals surface area contributed by atoms with Crippen LogP contribution in [0.15, 0.2) is 77.3 Å². The fourth-order valence-corrected chi connectivity index (χ4v) is 5.47. The molecule has 0 atom stereocenters. The molecule has 1 aliphatic rings. The molecule has 172 valence electrons. The number of fused-ring (bicyclic) bond motifs is 3. The molecule has 0 saturated carbocycles. The highest BCUT2D eigenvalue weighted by atomic mass is 16.3. The Morgan fingerprint density at radius 1 is 0.829 bits per heavy atom. The van der Waals surface area contributed by atoms with Gasteiger partial charge in [-0.15, -0.1) is 0 Å². The van der Waals surface area contributed by atoms with Crippen molar-refractivity contribution in [2.24, 2.45) is 7.05 Å². The SMILES string of the molecule is Cc1ccc2c(oc3c(-c4ccc(N5CCCCC5)cc4)c(C#N)ccc32)c1-c1cccc[n+]1C. The number of nitrogens with zero attached hydrogens (tertiary/aromatic N) is 3. The van der Waals surface area contributed by atoms with E-state index in [1.165, 1.54) is 24.9 Å². The van der Waals surface area contributed by atoms with E-state index in [0.29, 0.717) is 5.56 Å². The average Bonchev–Trinajstić information content (AvgIpc) is 3.28. The van der Waals surface area contributed by atoms with Crippen LogP contribution in [-0.2, 0) is 7.05 Å². The van der Waals surface area contributed by atoms with Crippen molar-refractivity contribution in [3.05, 3.63) is 84.1 Å². The van der Waals surface area contributed by atoms with Gasteiger partial charge in [0.1, 0.15) is 18.2 Å². The molecular formula is C31H28N3O+. The van der Waals surface area contributed by atoms with Crippen molar-refractivity contribution >= 4 is 27.6 Å². The Kier molecular flexibility index (Phi) is 5.26. The molecule has 3 heterocycles. The topological polar surface area (TPSA) is 44.1 Å². The first-order chi connectivity index (χ1) is 17.2. The number of furan rings is 1. The summed E-state index contributed by atoms with van der Waals surface area (Å²) in [6.07, 6.45) is 5.87. The van der Waals surface area contributed by atoms with Crippen LogP contribution >= 0.6 is 0 Å². The first-order valence-corrected chi connectivity index (χ1v) is 12.3. The van der Waals surface area contributed by atoms with Crippen LogP contribution in [0, 0.1) is 18.3 Å². The van der Waals surface area contributed by atoms with Crippen molar-refractivity contribution in [2.75, 3.05) is 18.0 Å². The number of anilines is 1. The number of benzene rings is 3. The Morgan fingerprint density at radius 3 is 2.26 bits per heavy atom. The van der Waals surface area contributed by atoms with Gasteiger partial charge < -0.3 is 9.32 Å². The van der Waals surface area contributed by atoms with Crippen molar-refractivity contribution < 1.29 is 8.98 Å². The van der Waals surface area contributed by atoms with E-state index in [-0.39, 0.29) is 0 Å². The molecule has 0 bridgehead atoms. The van der Waals surface area contributed by atoms with Crippen molar-refractivity contribution in [3.8, 4) is 28.5 Å². The van der Waals surface area contributed by atoms with E-state index >= 15 is 0 Å². The summed E-state index contributed by atoms with van der Waals surface area (Å²) < 4.78 is 8.79. The minimum absolute atomic E-state index is 0.630. The fraction of sp³-hybridized carbons (Fsp3) is 0.226. The maximum Gasteiger partial charge on any atom is 0.216 e. The quantitative estimate of drug-likeness (QED) is 0.276. The van der Waals surface area contributed by atoms with Crippen LogP contribution in [0.25, 0.3) is 44.3 Å². The summed E-state index contributed by atoms with van der Waals surface area (Å²) in [5.74, 6) is 0. The number of aryl methyl sites for hydroxylation is 2. The van der Waals surface area contributed by atoms with Gasteiger partial charge in [-0.05, 0) is 67.6 Å². The second-order valence-corrected chi connectivity index (χ2v) is 9.50. The van der Waals surface area contributed by atoms with Crippen molar-refractivity contribution in [2.45, 2.75) is 26.2 Å². The monoisotopic (exact) mass is 458 g/mol. The lowest BCUT2D eigenvalue weighted by molar-refractivity contribution is -0.660. The molecular weight excluding hydrogens is 430 g/mol. The Labute approximate surface area is 205 Å². The second-order valence-electron chi connectivity index (χ2n) is 9.50. The maximum absolute atomic E-state index is 9.98. The van der Waals surface area contributed by atoms with E-state index in [1.807, 2.05) is 18.2 Å². The number of piperidine rings is 1. The minimum Gasteiger partial charge on any atom is -0.454 e. The van der Waals surface area contributed by atoms with Crippen LogP contribution < -0.4 is 9.47 Å². The predicted molar refractivity (Wildman–Crippen MR) is 141 cm³/mol. The zero-order chi connectivity index (χ0) is 23.9. The third-order valence-electron chi connectivity index (χ3n) is 7.33. The first kappa shape index (κ1) is 21.4. The molecule has 6 rings (SSSR count). The smallest absolute Gasteiger partial charge is 0.216 e. The van der Waals surface area contributed by atoms with Gasteiger partial charge in [0, 0.05) is 47.2 Å². The van der Waals surface area contributed by atoms with E-state index in [1.54, 1.807) is 0 Å². The van der Waals surface area contributed by atoms with Crippen molar-refractivity contribution in [1.82, 2.24) is 0 Å². The molecule has 1 fully saturated rings. The zero-order valence-electron chi connectivity index (χ0n) is 20.2. The molecule has 2 aromatic heterocycles. The molecule has 4 nitrogen and oxygen atoms in total. The Balaban J connectivity index is 1.57. The molecule has 35 heavy (non-hydrogen) atoms. The minimum atomic E-state index is 0.630. The summed E-state index contributed by atoms with van der Waals surface area (Å²) in [6.45, 7) is 4.35. The van der Waals surface area contributed by atoms with E-state index < -0.39 is 0 Å². The van der Waals surface area contributed by atoms with Gasteiger partial charge in [0.25, 0.3) is 0 Å². The molecule has 1 aliphatic heterocycles. The molecule has 0 aliphatic carbocycles. The van der Waals surface area contributed by atoms with Crippen LogP contribution in [0.2, 0.25) is 0 Å². The first-order valence-electron chi connectivity index (χ1n) is 12.3. The van der Waals surface area contributed by atoms with Crippen molar-refractivity contribution in [1.29, 1.82) is 5.26 Å². The molecule has 3 aromatic carbocycles. The fourth-order valence-electron chi connectivity index (χ4n) is 5.47. The van der Waals surface area contributed by atoms with E-state index in [9.17, 15) is 5.26 Å². The summed E-state index contributed by atoms with van der Waals surface area (Å²) in [4.78, 5) is 2.45. The average molecular weight is 459 g/mol. The third-order valence-corrected chi connectivity index (χ3v) is 7.33. The lowest BCUT2D eigenvalue weighted by Crippen LogP contribution is -2.30. The van der Waals surface area contributed by atoms with Gasteiger partial charge in [-0.25, -0.2) is 4.57 Å². The summed E-state index contributed by atoms with van der Waals surface area (Å²) in [6, 6.07) is 25.5. The normalized spacial score (nSPS) is 13.9. The Morgan fingerprint density at radius 2 is 1.54 bits per heavy atom. The molecule has 0 N–H and O–H groups in total. The summed E-state index contributed by atoms with van der Waals surface area (Å²) >= 11 is 0. The highest BCUT2D eigenvalue weighted by molar-refractivity contribution is 6.14. The van der Waals surface area contributed by atoms with Crippen LogP contribution in [0.4, 0.5) is 5.69 Å². The molecule has 0 amide bonds. The molecule has 0 unspecified atom stereocenters. The number of pyridine rings is 1. The van der Waals surface area contributed by atoms with Crippen molar-refractivity contribution in [3.63, 3.8) is 0 Å². The Bertz CT molecular complexity index is 1600. The second kappa shape index (κ2) is 8.60. The molecule has 4 heteroatoms. The number of aromatic nitrogens is 1. The van der Waals surface area contributed by atoms with Gasteiger partial charge in [0.2, 0.25) is 5.69 Å². The van der Waals surface area contributed by atoms with Crippen LogP contribution in [-0.4, -0.2) is 13.1 Å². The standard InChI is InChI=1S/C31H28N3O/c1-21-9-15-25-26-16-12-23(20-32)29(22-10-13-24(14-11-22)34-18-5-3-6-19-34)31(26)35-30(25)28(21)27-8-4-7-17-33(27)2/h4,7-17H,3,5-6,18-19H2,1-2H3/q+1. The maximum atomic E-state index is 9.98. The molecule has 0 radical (unpaired) electrons. The van der Waals surface area contributed by atoms with Gasteiger partial charge >= 0.3 is 0 Å². The van der Waals surface area contributed by atoms with E-state index in [0.717, 1.165) is 63.0 Å². The molecule has 1 saturated heterocycles.